The summed E-state index contributed by atoms with van der Waals surface area (Å²) in [5.74, 6) is 1.66. The topological polar surface area (TPSA) is 73.3 Å². The molecule has 1 aliphatic heterocycles. The lowest BCUT2D eigenvalue weighted by Gasteiger charge is -2.11. The summed E-state index contributed by atoms with van der Waals surface area (Å²) < 4.78 is 10.2. The van der Waals surface area contributed by atoms with Gasteiger partial charge in [-0.25, -0.2) is 14.8 Å². The minimum Gasteiger partial charge on any atom is -0.465 e. The van der Waals surface area contributed by atoms with Gasteiger partial charge in [0.25, 0.3) is 0 Å². The Hall–Kier alpha value is -1.73. The Morgan fingerprint density at radius 2 is 2.27 bits per heavy atom. The van der Waals surface area contributed by atoms with Crippen molar-refractivity contribution >= 4 is 33.3 Å². The highest BCUT2D eigenvalue weighted by Gasteiger charge is 2.21. The van der Waals surface area contributed by atoms with Gasteiger partial charge in [-0.05, 0) is 25.8 Å². The van der Waals surface area contributed by atoms with Gasteiger partial charge in [0.2, 0.25) is 0 Å². The first-order valence-corrected chi connectivity index (χ1v) is 8.09. The number of aromatic nitrogens is 2. The molecule has 0 unspecified atom stereocenters. The zero-order valence-electron chi connectivity index (χ0n) is 12.9. The van der Waals surface area contributed by atoms with Crippen molar-refractivity contribution in [2.45, 2.75) is 20.3 Å². The van der Waals surface area contributed by atoms with Gasteiger partial charge in [-0.3, -0.25) is 0 Å². The molecule has 0 spiro atoms. The fraction of sp³-hybridized carbons (Fsp3) is 0.533. The number of hydrogen-bond acceptors (Lipinski definition) is 7. The van der Waals surface area contributed by atoms with Crippen molar-refractivity contribution in [2.75, 3.05) is 32.2 Å². The normalized spacial score (nSPS) is 17.9. The van der Waals surface area contributed by atoms with Crippen molar-refractivity contribution in [3.8, 4) is 0 Å². The van der Waals surface area contributed by atoms with E-state index in [0.717, 1.165) is 47.8 Å². The molecule has 0 aromatic carbocycles. The highest BCUT2D eigenvalue weighted by molar-refractivity contribution is 7.20. The van der Waals surface area contributed by atoms with Crippen LogP contribution in [0.25, 0.3) is 10.2 Å². The quantitative estimate of drug-likeness (QED) is 0.873. The van der Waals surface area contributed by atoms with E-state index in [4.69, 9.17) is 9.47 Å². The number of anilines is 1. The van der Waals surface area contributed by atoms with Crippen LogP contribution in [0.15, 0.2) is 0 Å². The van der Waals surface area contributed by atoms with Crippen LogP contribution >= 0.6 is 11.3 Å². The van der Waals surface area contributed by atoms with Crippen molar-refractivity contribution in [2.24, 2.45) is 5.92 Å². The molecule has 3 heterocycles. The number of fused-ring (bicyclic) bond motifs is 1. The number of carbonyl (C=O) groups excluding carboxylic acids is 1. The van der Waals surface area contributed by atoms with Gasteiger partial charge in [-0.2, -0.15) is 0 Å². The van der Waals surface area contributed by atoms with Crippen molar-refractivity contribution in [1.29, 1.82) is 0 Å². The van der Waals surface area contributed by atoms with Gasteiger partial charge in [-0.1, -0.05) is 0 Å². The van der Waals surface area contributed by atoms with Crippen molar-refractivity contribution < 1.29 is 14.3 Å². The van der Waals surface area contributed by atoms with Crippen LogP contribution in [-0.4, -0.2) is 42.8 Å². The Morgan fingerprint density at radius 1 is 1.45 bits per heavy atom. The lowest BCUT2D eigenvalue weighted by molar-refractivity contribution is 0.0605. The SMILES string of the molecule is COC(=O)c1sc2nc(C)nc(NC[C@@H]3CCOC3)c2c1C. The van der Waals surface area contributed by atoms with Gasteiger partial charge in [0, 0.05) is 19.1 Å². The second-order valence-corrected chi connectivity index (χ2v) is 6.46. The number of ether oxygens (including phenoxy) is 2. The van der Waals surface area contributed by atoms with Crippen molar-refractivity contribution in [3.63, 3.8) is 0 Å². The van der Waals surface area contributed by atoms with E-state index in [1.54, 1.807) is 0 Å². The summed E-state index contributed by atoms with van der Waals surface area (Å²) in [7, 11) is 1.39. The first kappa shape index (κ1) is 15.2. The predicted molar refractivity (Wildman–Crippen MR) is 85.6 cm³/mol. The molecule has 1 atom stereocenters. The molecule has 3 rings (SSSR count). The number of aryl methyl sites for hydroxylation is 2. The number of rotatable bonds is 4. The summed E-state index contributed by atoms with van der Waals surface area (Å²) in [4.78, 5) is 22.2. The van der Waals surface area contributed by atoms with E-state index in [0.29, 0.717) is 16.6 Å². The molecule has 0 radical (unpaired) electrons. The van der Waals surface area contributed by atoms with E-state index >= 15 is 0 Å². The Bertz CT molecular complexity index is 708. The molecule has 0 aliphatic carbocycles. The zero-order chi connectivity index (χ0) is 15.7. The van der Waals surface area contributed by atoms with E-state index in [9.17, 15) is 4.79 Å². The standard InChI is InChI=1S/C15H19N3O3S/c1-8-11-13(16-6-10-4-5-21-7-10)17-9(2)18-14(11)22-12(8)15(19)20-3/h10H,4-7H2,1-3H3,(H,16,17,18)/t10-/m0/s1. The summed E-state index contributed by atoms with van der Waals surface area (Å²) in [6, 6.07) is 0. The molecule has 1 saturated heterocycles. The Balaban J connectivity index is 1.97. The fourth-order valence-electron chi connectivity index (χ4n) is 2.65. The number of thiophene rings is 1. The average Bonchev–Trinajstić information content (AvgIpc) is 3.12. The third-order valence-electron chi connectivity index (χ3n) is 3.85. The molecule has 0 bridgehead atoms. The molecular weight excluding hydrogens is 302 g/mol. The number of carbonyl (C=O) groups is 1. The van der Waals surface area contributed by atoms with Crippen LogP contribution in [0.2, 0.25) is 0 Å². The second kappa shape index (κ2) is 6.18. The number of hydrogen-bond donors (Lipinski definition) is 1. The van der Waals surface area contributed by atoms with E-state index in [2.05, 4.69) is 15.3 Å². The molecule has 118 valence electrons. The van der Waals surface area contributed by atoms with Gasteiger partial charge >= 0.3 is 5.97 Å². The maximum absolute atomic E-state index is 11.9. The molecule has 6 nitrogen and oxygen atoms in total. The van der Waals surface area contributed by atoms with Crippen molar-refractivity contribution in [1.82, 2.24) is 9.97 Å². The van der Waals surface area contributed by atoms with E-state index in [-0.39, 0.29) is 5.97 Å². The Labute approximate surface area is 132 Å². The Morgan fingerprint density at radius 3 is 2.95 bits per heavy atom. The number of nitrogens with one attached hydrogen (secondary N) is 1. The van der Waals surface area contributed by atoms with Gasteiger partial charge in [0.05, 0.1) is 19.1 Å². The predicted octanol–water partition coefficient (Wildman–Crippen LogP) is 2.54. The maximum atomic E-state index is 11.9. The molecule has 0 saturated carbocycles. The number of esters is 1. The summed E-state index contributed by atoms with van der Waals surface area (Å²) >= 11 is 1.35. The first-order chi connectivity index (χ1) is 10.6. The maximum Gasteiger partial charge on any atom is 0.348 e. The summed E-state index contributed by atoms with van der Waals surface area (Å²) in [5.41, 5.74) is 0.872. The van der Waals surface area contributed by atoms with E-state index < -0.39 is 0 Å². The lowest BCUT2D eigenvalue weighted by atomic mass is 10.1. The zero-order valence-corrected chi connectivity index (χ0v) is 13.7. The van der Waals surface area contributed by atoms with Crippen LogP contribution in [-0.2, 0) is 9.47 Å². The van der Waals surface area contributed by atoms with Gasteiger partial charge in [-0.15, -0.1) is 11.3 Å². The van der Waals surface area contributed by atoms with Crippen LogP contribution in [0.5, 0.6) is 0 Å². The smallest absolute Gasteiger partial charge is 0.348 e. The summed E-state index contributed by atoms with van der Waals surface area (Å²) in [5, 5.41) is 4.32. The van der Waals surface area contributed by atoms with Crippen LogP contribution < -0.4 is 5.32 Å². The first-order valence-electron chi connectivity index (χ1n) is 7.27. The molecule has 7 heteroatoms. The molecule has 22 heavy (non-hydrogen) atoms. The molecule has 1 N–H and O–H groups in total. The van der Waals surface area contributed by atoms with E-state index in [1.807, 2.05) is 13.8 Å². The highest BCUT2D eigenvalue weighted by Crippen LogP contribution is 2.34. The number of nitrogens with zero attached hydrogens (tertiary/aromatic N) is 2. The summed E-state index contributed by atoms with van der Waals surface area (Å²) in [6.07, 6.45) is 1.07. The molecule has 1 aliphatic rings. The third-order valence-corrected chi connectivity index (χ3v) is 5.02. The minimum atomic E-state index is -0.326. The Kier molecular flexibility index (Phi) is 4.26. The average molecular weight is 321 g/mol. The van der Waals surface area contributed by atoms with Crippen molar-refractivity contribution in [3.05, 3.63) is 16.3 Å². The van der Waals surface area contributed by atoms with Gasteiger partial charge < -0.3 is 14.8 Å². The molecular formula is C15H19N3O3S. The molecule has 2 aromatic rings. The van der Waals surface area contributed by atoms with Crippen LogP contribution in [0.4, 0.5) is 5.82 Å². The van der Waals surface area contributed by atoms with Gasteiger partial charge in [0.15, 0.2) is 0 Å². The third kappa shape index (κ3) is 2.78. The highest BCUT2D eigenvalue weighted by atomic mass is 32.1. The van der Waals surface area contributed by atoms with Crippen LogP contribution in [0, 0.1) is 19.8 Å². The van der Waals surface area contributed by atoms with E-state index in [1.165, 1.54) is 18.4 Å². The number of methoxy groups -OCH3 is 1. The molecule has 0 amide bonds. The largest absolute Gasteiger partial charge is 0.465 e. The lowest BCUT2D eigenvalue weighted by Crippen LogP contribution is -2.15. The molecule has 2 aromatic heterocycles. The van der Waals surface area contributed by atoms with Gasteiger partial charge in [0.1, 0.15) is 21.3 Å². The minimum absolute atomic E-state index is 0.326. The van der Waals surface area contributed by atoms with Crippen LogP contribution in [0.3, 0.4) is 0 Å². The monoisotopic (exact) mass is 321 g/mol. The summed E-state index contributed by atoms with van der Waals surface area (Å²) in [6.45, 7) is 6.20. The van der Waals surface area contributed by atoms with Crippen LogP contribution in [0.1, 0.15) is 27.5 Å². The molecule has 1 fully saturated rings. The fourth-order valence-corrected chi connectivity index (χ4v) is 3.79. The second-order valence-electron chi connectivity index (χ2n) is 5.46.